The summed E-state index contributed by atoms with van der Waals surface area (Å²) in [5.74, 6) is -0.171. The highest BCUT2D eigenvalue weighted by molar-refractivity contribution is 7.21. The van der Waals surface area contributed by atoms with Crippen LogP contribution in [0.1, 0.15) is 61.7 Å². The summed E-state index contributed by atoms with van der Waals surface area (Å²) >= 11 is 1.49. The van der Waals surface area contributed by atoms with Crippen LogP contribution >= 0.6 is 11.3 Å². The quantitative estimate of drug-likeness (QED) is 0.217. The van der Waals surface area contributed by atoms with Gasteiger partial charge in [-0.25, -0.2) is 9.78 Å². The number of hydrogen-bond acceptors (Lipinski definition) is 7. The highest BCUT2D eigenvalue weighted by Gasteiger charge is 2.29. The molecule has 0 spiro atoms. The Labute approximate surface area is 260 Å². The molecular weight excluding hydrogens is 574 g/mol. The second kappa shape index (κ2) is 11.6. The standard InChI is InChI=1S/C34H37N5O4S/c1-6-28(40)38-26-17-21(7-8-22(26)20-13-15-39(16-14-20)33(42)43-34(3,4)5)24-10-9-23-25(37-24)11-12-27-29(23)30-31(44-27)32(41)36-19(2)18-35-30/h6-12,17,19-20,35H,1,13-16,18H2,2-5H3,(H,36,41)(H,38,40). The van der Waals surface area contributed by atoms with Gasteiger partial charge in [-0.1, -0.05) is 18.7 Å². The Morgan fingerprint density at radius 3 is 2.64 bits per heavy atom. The zero-order chi connectivity index (χ0) is 31.2. The molecule has 3 amide bonds. The van der Waals surface area contributed by atoms with E-state index < -0.39 is 5.60 Å². The molecule has 228 valence electrons. The summed E-state index contributed by atoms with van der Waals surface area (Å²) in [5.41, 5.74) is 4.54. The molecule has 0 saturated carbocycles. The molecular formula is C34H37N5O4S. The second-order valence-corrected chi connectivity index (χ2v) is 13.6. The fourth-order valence-electron chi connectivity index (χ4n) is 5.95. The number of fused-ring (bicyclic) bond motifs is 5. The molecule has 44 heavy (non-hydrogen) atoms. The number of piperidine rings is 1. The van der Waals surface area contributed by atoms with Crippen molar-refractivity contribution in [3.05, 3.63) is 65.6 Å². The van der Waals surface area contributed by atoms with Crippen LogP contribution in [0.2, 0.25) is 0 Å². The third-order valence-corrected chi connectivity index (χ3v) is 9.22. The molecule has 1 unspecified atom stereocenters. The lowest BCUT2D eigenvalue weighted by molar-refractivity contribution is -0.111. The van der Waals surface area contributed by atoms with Crippen LogP contribution in [0.15, 0.2) is 55.1 Å². The third kappa shape index (κ3) is 5.86. The Morgan fingerprint density at radius 2 is 1.91 bits per heavy atom. The van der Waals surface area contributed by atoms with Crippen LogP contribution < -0.4 is 16.0 Å². The van der Waals surface area contributed by atoms with Crippen molar-refractivity contribution in [1.29, 1.82) is 0 Å². The number of likely N-dealkylation sites (tertiary alicyclic amines) is 1. The van der Waals surface area contributed by atoms with Crippen molar-refractivity contribution in [3.63, 3.8) is 0 Å². The van der Waals surface area contributed by atoms with E-state index in [4.69, 9.17) is 9.72 Å². The van der Waals surface area contributed by atoms with Crippen molar-refractivity contribution >= 4 is 61.6 Å². The van der Waals surface area contributed by atoms with E-state index in [-0.39, 0.29) is 29.9 Å². The lowest BCUT2D eigenvalue weighted by atomic mass is 9.87. The van der Waals surface area contributed by atoms with Crippen LogP contribution in [0.25, 0.3) is 32.2 Å². The van der Waals surface area contributed by atoms with Crippen molar-refractivity contribution in [2.45, 2.75) is 58.1 Å². The predicted octanol–water partition coefficient (Wildman–Crippen LogP) is 6.90. The molecule has 10 heteroatoms. The number of rotatable bonds is 4. The molecule has 3 N–H and O–H groups in total. The zero-order valence-electron chi connectivity index (χ0n) is 25.5. The number of benzene rings is 2. The number of aromatic nitrogens is 1. The molecule has 2 aliphatic heterocycles. The van der Waals surface area contributed by atoms with Crippen LogP contribution in [-0.4, -0.2) is 59.1 Å². The van der Waals surface area contributed by atoms with Crippen LogP contribution in [0, 0.1) is 0 Å². The van der Waals surface area contributed by atoms with Gasteiger partial charge in [0, 0.05) is 52.4 Å². The summed E-state index contributed by atoms with van der Waals surface area (Å²) in [7, 11) is 0. The van der Waals surface area contributed by atoms with Crippen molar-refractivity contribution in [1.82, 2.24) is 15.2 Å². The van der Waals surface area contributed by atoms with E-state index >= 15 is 0 Å². The minimum absolute atomic E-state index is 0.0353. The van der Waals surface area contributed by atoms with Crippen LogP contribution in [-0.2, 0) is 9.53 Å². The molecule has 0 bridgehead atoms. The summed E-state index contributed by atoms with van der Waals surface area (Å²) in [6, 6.07) is 14.2. The monoisotopic (exact) mass is 611 g/mol. The van der Waals surface area contributed by atoms with Crippen molar-refractivity contribution in [2.75, 3.05) is 30.3 Å². The summed E-state index contributed by atoms with van der Waals surface area (Å²) in [6.07, 6.45) is 2.49. The first-order valence-electron chi connectivity index (χ1n) is 15.0. The zero-order valence-corrected chi connectivity index (χ0v) is 26.3. The van der Waals surface area contributed by atoms with Gasteiger partial charge in [-0.3, -0.25) is 9.59 Å². The molecule has 1 saturated heterocycles. The fraction of sp³-hybridized carbons (Fsp3) is 0.353. The Morgan fingerprint density at radius 1 is 1.14 bits per heavy atom. The largest absolute Gasteiger partial charge is 0.444 e. The van der Waals surface area contributed by atoms with E-state index in [0.717, 1.165) is 56.3 Å². The first-order chi connectivity index (χ1) is 21.0. The van der Waals surface area contributed by atoms with Gasteiger partial charge in [-0.2, -0.15) is 0 Å². The van der Waals surface area contributed by atoms with Crippen molar-refractivity contribution in [3.8, 4) is 11.3 Å². The maximum atomic E-state index is 12.8. The van der Waals surface area contributed by atoms with E-state index in [2.05, 4.69) is 34.7 Å². The SMILES string of the molecule is C=CC(=O)Nc1cc(-c2ccc3c(ccc4sc5c(c43)NCC(C)NC5=O)n2)ccc1C1CCN(C(=O)OC(C)(C)C)CC1. The minimum Gasteiger partial charge on any atom is -0.444 e. The minimum atomic E-state index is -0.538. The molecule has 0 aliphatic carbocycles. The van der Waals surface area contributed by atoms with E-state index in [0.29, 0.717) is 30.2 Å². The van der Waals surface area contributed by atoms with Gasteiger partial charge in [0.1, 0.15) is 10.5 Å². The smallest absolute Gasteiger partial charge is 0.410 e. The number of thiophene rings is 1. The number of hydrogen-bond donors (Lipinski definition) is 3. The Bertz CT molecular complexity index is 1800. The van der Waals surface area contributed by atoms with Gasteiger partial charge in [0.15, 0.2) is 0 Å². The summed E-state index contributed by atoms with van der Waals surface area (Å²) in [5, 5.41) is 11.5. The molecule has 0 radical (unpaired) electrons. The van der Waals surface area contributed by atoms with Crippen molar-refractivity contribution < 1.29 is 19.1 Å². The first-order valence-corrected chi connectivity index (χ1v) is 15.8. The average molecular weight is 612 g/mol. The number of nitrogens with zero attached hydrogens (tertiary/aromatic N) is 2. The maximum absolute atomic E-state index is 12.8. The number of pyridine rings is 1. The average Bonchev–Trinajstić information content (AvgIpc) is 3.31. The van der Waals surface area contributed by atoms with E-state index in [1.165, 1.54) is 17.4 Å². The van der Waals surface area contributed by atoms with E-state index in [9.17, 15) is 14.4 Å². The van der Waals surface area contributed by atoms with Gasteiger partial charge in [-0.05, 0) is 88.4 Å². The van der Waals surface area contributed by atoms with Gasteiger partial charge >= 0.3 is 6.09 Å². The molecule has 4 aromatic rings. The number of carbonyl (C=O) groups is 3. The topological polar surface area (TPSA) is 113 Å². The van der Waals surface area contributed by atoms with Crippen LogP contribution in [0.5, 0.6) is 0 Å². The lowest BCUT2D eigenvalue weighted by Crippen LogP contribution is -2.41. The second-order valence-electron chi connectivity index (χ2n) is 12.5. The number of carbonyl (C=O) groups excluding carboxylic acids is 3. The Kier molecular flexibility index (Phi) is 7.79. The lowest BCUT2D eigenvalue weighted by Gasteiger charge is -2.34. The molecule has 1 fully saturated rings. The maximum Gasteiger partial charge on any atom is 0.410 e. The molecule has 9 nitrogen and oxygen atoms in total. The number of anilines is 2. The first kappa shape index (κ1) is 29.6. The summed E-state index contributed by atoms with van der Waals surface area (Å²) in [4.78, 5) is 45.3. The highest BCUT2D eigenvalue weighted by atomic mass is 32.1. The summed E-state index contributed by atoms with van der Waals surface area (Å²) in [6.45, 7) is 13.0. The van der Waals surface area contributed by atoms with E-state index in [1.807, 2.05) is 58.0 Å². The van der Waals surface area contributed by atoms with Gasteiger partial charge in [-0.15, -0.1) is 11.3 Å². The van der Waals surface area contributed by atoms with Crippen LogP contribution in [0.3, 0.4) is 0 Å². The predicted molar refractivity (Wildman–Crippen MR) is 177 cm³/mol. The van der Waals surface area contributed by atoms with Gasteiger partial charge in [0.05, 0.1) is 16.9 Å². The van der Waals surface area contributed by atoms with Gasteiger partial charge in [0.2, 0.25) is 5.91 Å². The van der Waals surface area contributed by atoms with Gasteiger partial charge < -0.3 is 25.6 Å². The molecule has 2 aromatic heterocycles. The number of ether oxygens (including phenoxy) is 1. The fourth-order valence-corrected chi connectivity index (χ4v) is 7.05. The Hall–Kier alpha value is -4.44. The molecule has 2 aromatic carbocycles. The summed E-state index contributed by atoms with van der Waals surface area (Å²) < 4.78 is 6.59. The van der Waals surface area contributed by atoms with Crippen LogP contribution in [0.4, 0.5) is 16.2 Å². The molecule has 1 atom stereocenters. The third-order valence-electron chi connectivity index (χ3n) is 8.07. The van der Waals surface area contributed by atoms with Gasteiger partial charge in [0.25, 0.3) is 5.91 Å². The normalized spacial score (nSPS) is 17.4. The van der Waals surface area contributed by atoms with E-state index in [1.54, 1.807) is 4.90 Å². The molecule has 2 aliphatic rings. The van der Waals surface area contributed by atoms with Crippen molar-refractivity contribution in [2.24, 2.45) is 0 Å². The molecule has 6 rings (SSSR count). The number of amides is 3. The Balaban J connectivity index is 1.31. The number of nitrogens with one attached hydrogen (secondary N) is 3. The highest BCUT2D eigenvalue weighted by Crippen LogP contribution is 2.42. The molecule has 4 heterocycles.